The van der Waals surface area contributed by atoms with E-state index in [4.69, 9.17) is 5.11 Å². The number of amides is 2. The van der Waals surface area contributed by atoms with Crippen LogP contribution in [0.1, 0.15) is 24.2 Å². The Kier molecular flexibility index (Phi) is 3.87. The third-order valence-electron chi connectivity index (χ3n) is 2.15. The van der Waals surface area contributed by atoms with Crippen LogP contribution in [0.5, 0.6) is 0 Å². The van der Waals surface area contributed by atoms with Crippen molar-refractivity contribution in [3.8, 4) is 0 Å². The molecule has 0 spiro atoms. The Bertz CT molecular complexity index is 384. The minimum atomic E-state index is -1.14. The van der Waals surface area contributed by atoms with Gasteiger partial charge in [-0.25, -0.2) is 9.59 Å². The van der Waals surface area contributed by atoms with Crippen molar-refractivity contribution in [2.45, 2.75) is 13.8 Å². The molecular weight excluding hydrogens is 212 g/mol. The zero-order valence-corrected chi connectivity index (χ0v) is 9.15. The van der Waals surface area contributed by atoms with Gasteiger partial charge in [0.05, 0.1) is 6.20 Å². The highest BCUT2D eigenvalue weighted by Gasteiger charge is 2.16. The Labute approximate surface area is 92.4 Å². The quantitative estimate of drug-likeness (QED) is 0.712. The zero-order valence-electron chi connectivity index (χ0n) is 9.15. The van der Waals surface area contributed by atoms with Gasteiger partial charge in [0.15, 0.2) is 0 Å². The molecule has 16 heavy (non-hydrogen) atoms. The second-order valence-corrected chi connectivity index (χ2v) is 3.07. The van der Waals surface area contributed by atoms with Crippen LogP contribution in [0, 0.1) is 0 Å². The van der Waals surface area contributed by atoms with Gasteiger partial charge in [0, 0.05) is 13.1 Å². The summed E-state index contributed by atoms with van der Waals surface area (Å²) in [5.74, 6) is -1.03. The van der Waals surface area contributed by atoms with Crippen LogP contribution in [-0.4, -0.2) is 45.3 Å². The predicted molar refractivity (Wildman–Crippen MR) is 57.5 cm³/mol. The van der Waals surface area contributed by atoms with Crippen molar-refractivity contribution in [3.63, 3.8) is 0 Å². The maximum absolute atomic E-state index is 11.6. The number of carboxylic acids is 1. The number of anilines is 1. The lowest BCUT2D eigenvalue weighted by Crippen LogP contribution is -2.34. The van der Waals surface area contributed by atoms with Crippen LogP contribution < -0.4 is 5.32 Å². The topological polar surface area (TPSA) is 98.3 Å². The molecule has 1 rings (SSSR count). The monoisotopic (exact) mass is 226 g/mol. The molecular formula is C9H14N4O3. The Morgan fingerprint density at radius 2 is 2.12 bits per heavy atom. The number of urea groups is 1. The van der Waals surface area contributed by atoms with Gasteiger partial charge in [-0.2, -0.15) is 5.10 Å². The summed E-state index contributed by atoms with van der Waals surface area (Å²) in [6.45, 7) is 4.79. The molecule has 0 aliphatic heterocycles. The summed E-state index contributed by atoms with van der Waals surface area (Å²) >= 11 is 0. The molecule has 0 unspecified atom stereocenters. The molecule has 88 valence electrons. The number of carboxylic acid groups (broad SMARTS) is 1. The smallest absolute Gasteiger partial charge is 0.341 e. The van der Waals surface area contributed by atoms with Gasteiger partial charge in [-0.1, -0.05) is 0 Å². The molecule has 7 heteroatoms. The maximum Gasteiger partial charge on any atom is 0.341 e. The number of carbonyl (C=O) groups is 2. The van der Waals surface area contributed by atoms with E-state index in [0.29, 0.717) is 13.1 Å². The van der Waals surface area contributed by atoms with Crippen molar-refractivity contribution in [3.05, 3.63) is 11.8 Å². The highest BCUT2D eigenvalue weighted by Crippen LogP contribution is 2.11. The minimum Gasteiger partial charge on any atom is -0.477 e. The maximum atomic E-state index is 11.6. The molecule has 0 bridgehead atoms. The molecule has 2 amide bonds. The van der Waals surface area contributed by atoms with E-state index in [0.717, 1.165) is 6.20 Å². The van der Waals surface area contributed by atoms with E-state index in [1.54, 1.807) is 0 Å². The first kappa shape index (κ1) is 12.0. The highest BCUT2D eigenvalue weighted by atomic mass is 16.4. The molecule has 0 aliphatic rings. The minimum absolute atomic E-state index is 0.0551. The van der Waals surface area contributed by atoms with E-state index >= 15 is 0 Å². The van der Waals surface area contributed by atoms with Crippen molar-refractivity contribution in [1.29, 1.82) is 0 Å². The molecule has 0 atom stereocenters. The Morgan fingerprint density at radius 1 is 1.50 bits per heavy atom. The van der Waals surface area contributed by atoms with Gasteiger partial charge in [-0.15, -0.1) is 0 Å². The van der Waals surface area contributed by atoms with Crippen molar-refractivity contribution in [2.24, 2.45) is 0 Å². The first-order valence-electron chi connectivity index (χ1n) is 4.92. The number of rotatable bonds is 4. The van der Waals surface area contributed by atoms with Crippen LogP contribution in [0.3, 0.4) is 0 Å². The molecule has 0 aromatic carbocycles. The SMILES string of the molecule is CCN(CC)C(=O)Nc1[nH]ncc1C(=O)O. The van der Waals surface area contributed by atoms with E-state index in [2.05, 4.69) is 15.5 Å². The molecule has 1 heterocycles. The standard InChI is InChI=1S/C9H14N4O3/c1-3-13(4-2)9(16)11-7-6(8(14)15)5-10-12-7/h5H,3-4H2,1-2H3,(H,14,15)(H2,10,11,12,16). The van der Waals surface area contributed by atoms with Crippen molar-refractivity contribution >= 4 is 17.8 Å². The fourth-order valence-corrected chi connectivity index (χ4v) is 1.24. The fraction of sp³-hybridized carbons (Fsp3) is 0.444. The van der Waals surface area contributed by atoms with E-state index in [-0.39, 0.29) is 17.4 Å². The lowest BCUT2D eigenvalue weighted by atomic mass is 10.3. The van der Waals surface area contributed by atoms with Crippen LogP contribution in [0.4, 0.5) is 10.6 Å². The number of hydrogen-bond donors (Lipinski definition) is 3. The van der Waals surface area contributed by atoms with E-state index in [1.165, 1.54) is 4.90 Å². The number of H-pyrrole nitrogens is 1. The molecule has 0 fully saturated rings. The molecule has 0 radical (unpaired) electrons. The second-order valence-electron chi connectivity index (χ2n) is 3.07. The van der Waals surface area contributed by atoms with Gasteiger partial charge in [0.1, 0.15) is 11.4 Å². The lowest BCUT2D eigenvalue weighted by molar-refractivity contribution is 0.0698. The summed E-state index contributed by atoms with van der Waals surface area (Å²) in [5.41, 5.74) is -0.0551. The Balaban J connectivity index is 2.76. The average molecular weight is 226 g/mol. The van der Waals surface area contributed by atoms with Gasteiger partial charge >= 0.3 is 12.0 Å². The Hall–Kier alpha value is -2.05. The van der Waals surface area contributed by atoms with Crippen LogP contribution in [0.25, 0.3) is 0 Å². The van der Waals surface area contributed by atoms with Gasteiger partial charge < -0.3 is 10.0 Å². The summed E-state index contributed by atoms with van der Waals surface area (Å²) in [5, 5.41) is 17.3. The number of aromatic nitrogens is 2. The van der Waals surface area contributed by atoms with E-state index in [9.17, 15) is 9.59 Å². The number of hydrogen-bond acceptors (Lipinski definition) is 3. The summed E-state index contributed by atoms with van der Waals surface area (Å²) in [6, 6.07) is -0.350. The summed E-state index contributed by atoms with van der Waals surface area (Å²) in [4.78, 5) is 23.9. The number of nitrogens with one attached hydrogen (secondary N) is 2. The second kappa shape index (κ2) is 5.15. The first-order chi connectivity index (χ1) is 7.60. The van der Waals surface area contributed by atoms with Crippen molar-refractivity contribution in [1.82, 2.24) is 15.1 Å². The summed E-state index contributed by atoms with van der Waals surface area (Å²) < 4.78 is 0. The first-order valence-corrected chi connectivity index (χ1v) is 4.92. The summed E-state index contributed by atoms with van der Waals surface area (Å²) in [6.07, 6.45) is 1.15. The van der Waals surface area contributed by atoms with Gasteiger partial charge in [-0.3, -0.25) is 10.4 Å². The van der Waals surface area contributed by atoms with Gasteiger partial charge in [0.2, 0.25) is 0 Å². The van der Waals surface area contributed by atoms with Gasteiger partial charge in [0.25, 0.3) is 0 Å². The highest BCUT2D eigenvalue weighted by molar-refractivity contribution is 5.98. The van der Waals surface area contributed by atoms with Crippen LogP contribution >= 0.6 is 0 Å². The van der Waals surface area contributed by atoms with E-state index < -0.39 is 5.97 Å². The molecule has 0 aliphatic carbocycles. The zero-order chi connectivity index (χ0) is 12.1. The number of aromatic amines is 1. The predicted octanol–water partition coefficient (Wildman–Crippen LogP) is 0.982. The normalized spacial score (nSPS) is 9.88. The number of nitrogens with zero attached hydrogens (tertiary/aromatic N) is 2. The largest absolute Gasteiger partial charge is 0.477 e. The third-order valence-corrected chi connectivity index (χ3v) is 2.15. The molecule has 1 aromatic heterocycles. The van der Waals surface area contributed by atoms with Gasteiger partial charge in [-0.05, 0) is 13.8 Å². The summed E-state index contributed by atoms with van der Waals surface area (Å²) in [7, 11) is 0. The third kappa shape index (κ3) is 2.50. The van der Waals surface area contributed by atoms with Crippen molar-refractivity contribution < 1.29 is 14.7 Å². The lowest BCUT2D eigenvalue weighted by Gasteiger charge is -2.18. The fourth-order valence-electron chi connectivity index (χ4n) is 1.24. The Morgan fingerprint density at radius 3 is 2.62 bits per heavy atom. The van der Waals surface area contributed by atoms with Crippen LogP contribution in [0.15, 0.2) is 6.20 Å². The number of carbonyl (C=O) groups excluding carboxylic acids is 1. The van der Waals surface area contributed by atoms with E-state index in [1.807, 2.05) is 13.8 Å². The molecule has 7 nitrogen and oxygen atoms in total. The molecule has 1 aromatic rings. The average Bonchev–Trinajstić information content (AvgIpc) is 2.67. The number of aromatic carboxylic acids is 1. The van der Waals surface area contributed by atoms with Crippen LogP contribution in [-0.2, 0) is 0 Å². The molecule has 0 saturated heterocycles. The van der Waals surface area contributed by atoms with Crippen LogP contribution in [0.2, 0.25) is 0 Å². The van der Waals surface area contributed by atoms with Crippen molar-refractivity contribution in [2.75, 3.05) is 18.4 Å². The molecule has 0 saturated carbocycles. The molecule has 3 N–H and O–H groups in total.